The Labute approximate surface area is 131 Å². The largest absolute Gasteiger partial charge is 0.494 e. The first kappa shape index (κ1) is 16.9. The van der Waals surface area contributed by atoms with E-state index in [1.165, 1.54) is 12.1 Å². The predicted octanol–water partition coefficient (Wildman–Crippen LogP) is 4.25. The minimum atomic E-state index is -4.57. The molecular formula is C17H15F3O3. The molecule has 122 valence electrons. The number of rotatable bonds is 5. The highest BCUT2D eigenvalue weighted by Crippen LogP contribution is 2.36. The van der Waals surface area contributed by atoms with Crippen LogP contribution >= 0.6 is 0 Å². The van der Waals surface area contributed by atoms with Gasteiger partial charge in [0.1, 0.15) is 11.5 Å². The van der Waals surface area contributed by atoms with Crippen LogP contribution in [-0.2, 0) is 17.4 Å². The van der Waals surface area contributed by atoms with Gasteiger partial charge in [0.2, 0.25) is 0 Å². The fraction of sp³-hybridized carbons (Fsp3) is 0.235. The molecule has 0 atom stereocenters. The van der Waals surface area contributed by atoms with E-state index in [1.807, 2.05) is 6.92 Å². The summed E-state index contributed by atoms with van der Waals surface area (Å²) in [5.41, 5.74) is -0.344. The molecule has 2 aromatic rings. The van der Waals surface area contributed by atoms with Crippen molar-refractivity contribution in [3.05, 3.63) is 59.7 Å². The van der Waals surface area contributed by atoms with Crippen molar-refractivity contribution in [1.29, 1.82) is 0 Å². The number of para-hydroxylation sites is 1. The second kappa shape index (κ2) is 7.17. The van der Waals surface area contributed by atoms with Gasteiger partial charge in [-0.05, 0) is 36.8 Å². The zero-order chi connectivity index (χ0) is 16.9. The molecule has 0 saturated carbocycles. The number of carbonyl (C=O) groups excluding carboxylic acids is 1. The number of ether oxygens (including phenoxy) is 2. The van der Waals surface area contributed by atoms with Crippen LogP contribution in [0.3, 0.4) is 0 Å². The maximum atomic E-state index is 12.8. The molecule has 0 spiro atoms. The number of alkyl halides is 3. The van der Waals surface area contributed by atoms with Gasteiger partial charge in [-0.3, -0.25) is 4.79 Å². The van der Waals surface area contributed by atoms with Crippen molar-refractivity contribution in [3.63, 3.8) is 0 Å². The van der Waals surface area contributed by atoms with E-state index in [-0.39, 0.29) is 6.42 Å². The van der Waals surface area contributed by atoms with Gasteiger partial charge in [0, 0.05) is 0 Å². The van der Waals surface area contributed by atoms with Crippen molar-refractivity contribution in [2.45, 2.75) is 19.5 Å². The molecule has 0 N–H and O–H groups in total. The van der Waals surface area contributed by atoms with Crippen molar-refractivity contribution in [1.82, 2.24) is 0 Å². The lowest BCUT2D eigenvalue weighted by Gasteiger charge is -2.12. The van der Waals surface area contributed by atoms with Crippen molar-refractivity contribution >= 4 is 5.97 Å². The Bertz CT molecular complexity index is 664. The molecule has 0 saturated heterocycles. The Morgan fingerprint density at radius 3 is 2.30 bits per heavy atom. The molecule has 3 nitrogen and oxygen atoms in total. The first-order valence-electron chi connectivity index (χ1n) is 6.99. The Kier molecular flexibility index (Phi) is 5.26. The van der Waals surface area contributed by atoms with Crippen LogP contribution in [0.4, 0.5) is 13.2 Å². The fourth-order valence-electron chi connectivity index (χ4n) is 1.99. The zero-order valence-corrected chi connectivity index (χ0v) is 12.4. The van der Waals surface area contributed by atoms with Crippen LogP contribution in [0.25, 0.3) is 0 Å². The lowest BCUT2D eigenvalue weighted by atomic mass is 10.1. The van der Waals surface area contributed by atoms with E-state index in [9.17, 15) is 18.0 Å². The van der Waals surface area contributed by atoms with Gasteiger partial charge in [0.25, 0.3) is 0 Å². The third-order valence-corrected chi connectivity index (χ3v) is 3.00. The minimum absolute atomic E-state index is 0.126. The second-order valence-corrected chi connectivity index (χ2v) is 4.72. The zero-order valence-electron chi connectivity index (χ0n) is 12.4. The highest BCUT2D eigenvalue weighted by molar-refractivity contribution is 5.75. The molecular weight excluding hydrogens is 309 g/mol. The monoisotopic (exact) mass is 324 g/mol. The summed E-state index contributed by atoms with van der Waals surface area (Å²) in [6, 6.07) is 11.3. The van der Waals surface area contributed by atoms with E-state index in [4.69, 9.17) is 9.47 Å². The SMILES string of the molecule is CCOc1ccc(CC(=O)Oc2ccccc2C(F)(F)F)cc1. The van der Waals surface area contributed by atoms with Crippen LogP contribution in [0.15, 0.2) is 48.5 Å². The number of hydrogen-bond donors (Lipinski definition) is 0. The summed E-state index contributed by atoms with van der Waals surface area (Å²) >= 11 is 0. The number of carbonyl (C=O) groups is 1. The van der Waals surface area contributed by atoms with Gasteiger partial charge < -0.3 is 9.47 Å². The van der Waals surface area contributed by atoms with Crippen LogP contribution in [-0.4, -0.2) is 12.6 Å². The Hall–Kier alpha value is -2.50. The molecule has 0 heterocycles. The molecule has 0 aliphatic rings. The molecule has 0 radical (unpaired) electrons. The van der Waals surface area contributed by atoms with Gasteiger partial charge in [0.15, 0.2) is 0 Å². The number of hydrogen-bond acceptors (Lipinski definition) is 3. The Balaban J connectivity index is 2.05. The normalized spacial score (nSPS) is 11.1. The summed E-state index contributed by atoms with van der Waals surface area (Å²) in [4.78, 5) is 11.9. The molecule has 0 aliphatic carbocycles. The summed E-state index contributed by atoms with van der Waals surface area (Å²) in [7, 11) is 0. The van der Waals surface area contributed by atoms with Crippen molar-refractivity contribution in [2.75, 3.05) is 6.61 Å². The predicted molar refractivity (Wildman–Crippen MR) is 78.4 cm³/mol. The van der Waals surface area contributed by atoms with E-state index < -0.39 is 23.5 Å². The third kappa shape index (κ3) is 4.74. The molecule has 2 rings (SSSR count). The van der Waals surface area contributed by atoms with E-state index in [2.05, 4.69) is 0 Å². The molecule has 6 heteroatoms. The highest BCUT2D eigenvalue weighted by atomic mass is 19.4. The van der Waals surface area contributed by atoms with Crippen molar-refractivity contribution in [2.24, 2.45) is 0 Å². The minimum Gasteiger partial charge on any atom is -0.494 e. The molecule has 0 bridgehead atoms. The van der Waals surface area contributed by atoms with Crippen LogP contribution in [0.2, 0.25) is 0 Å². The highest BCUT2D eigenvalue weighted by Gasteiger charge is 2.34. The van der Waals surface area contributed by atoms with E-state index in [1.54, 1.807) is 24.3 Å². The van der Waals surface area contributed by atoms with Crippen LogP contribution in [0.1, 0.15) is 18.1 Å². The van der Waals surface area contributed by atoms with Gasteiger partial charge in [-0.1, -0.05) is 24.3 Å². The number of esters is 1. The van der Waals surface area contributed by atoms with Crippen LogP contribution in [0, 0.1) is 0 Å². The van der Waals surface area contributed by atoms with Gasteiger partial charge >= 0.3 is 12.1 Å². The maximum Gasteiger partial charge on any atom is 0.419 e. The lowest BCUT2D eigenvalue weighted by Crippen LogP contribution is -2.15. The average molecular weight is 324 g/mol. The van der Waals surface area contributed by atoms with E-state index in [0.29, 0.717) is 17.9 Å². The smallest absolute Gasteiger partial charge is 0.419 e. The summed E-state index contributed by atoms with van der Waals surface area (Å²) in [5, 5.41) is 0. The topological polar surface area (TPSA) is 35.5 Å². The summed E-state index contributed by atoms with van der Waals surface area (Å²) < 4.78 is 48.6. The Morgan fingerprint density at radius 2 is 1.70 bits per heavy atom. The third-order valence-electron chi connectivity index (χ3n) is 3.00. The fourth-order valence-corrected chi connectivity index (χ4v) is 1.99. The molecule has 0 fully saturated rings. The van der Waals surface area contributed by atoms with E-state index >= 15 is 0 Å². The molecule has 0 aromatic heterocycles. The summed E-state index contributed by atoms with van der Waals surface area (Å²) in [5.74, 6) is -0.589. The number of halogens is 3. The van der Waals surface area contributed by atoms with E-state index in [0.717, 1.165) is 12.1 Å². The molecule has 0 aliphatic heterocycles. The lowest BCUT2D eigenvalue weighted by molar-refractivity contribution is -0.142. The standard InChI is InChI=1S/C17H15F3O3/c1-2-22-13-9-7-12(8-10-13)11-16(21)23-15-6-4-3-5-14(15)17(18,19)20/h3-10H,2,11H2,1H3. The Morgan fingerprint density at radius 1 is 1.04 bits per heavy atom. The van der Waals surface area contributed by atoms with Crippen LogP contribution < -0.4 is 9.47 Å². The van der Waals surface area contributed by atoms with Gasteiger partial charge in [-0.15, -0.1) is 0 Å². The van der Waals surface area contributed by atoms with Gasteiger partial charge in [-0.25, -0.2) is 0 Å². The van der Waals surface area contributed by atoms with Gasteiger partial charge in [0.05, 0.1) is 18.6 Å². The molecule has 2 aromatic carbocycles. The van der Waals surface area contributed by atoms with Crippen molar-refractivity contribution in [3.8, 4) is 11.5 Å². The first-order chi connectivity index (χ1) is 10.9. The summed E-state index contributed by atoms with van der Waals surface area (Å²) in [6.45, 7) is 2.37. The van der Waals surface area contributed by atoms with Crippen LogP contribution in [0.5, 0.6) is 11.5 Å². The number of benzene rings is 2. The molecule has 0 unspecified atom stereocenters. The molecule has 0 amide bonds. The first-order valence-corrected chi connectivity index (χ1v) is 6.99. The second-order valence-electron chi connectivity index (χ2n) is 4.72. The van der Waals surface area contributed by atoms with Gasteiger partial charge in [-0.2, -0.15) is 13.2 Å². The van der Waals surface area contributed by atoms with Crippen molar-refractivity contribution < 1.29 is 27.4 Å². The molecule has 23 heavy (non-hydrogen) atoms. The summed E-state index contributed by atoms with van der Waals surface area (Å²) in [6.07, 6.45) is -4.70. The quantitative estimate of drug-likeness (QED) is 0.609. The average Bonchev–Trinajstić information content (AvgIpc) is 2.49. The maximum absolute atomic E-state index is 12.8.